The van der Waals surface area contributed by atoms with Crippen molar-refractivity contribution in [3.63, 3.8) is 0 Å². The molecule has 188 valence electrons. The maximum absolute atomic E-state index is 12.7. The van der Waals surface area contributed by atoms with Gasteiger partial charge in [0.05, 0.1) is 24.3 Å². The molecule has 7 nitrogen and oxygen atoms in total. The summed E-state index contributed by atoms with van der Waals surface area (Å²) >= 11 is 0. The fraction of sp³-hybridized carbons (Fsp3) is 0.680. The number of amides is 3. The number of halogens is 2. The lowest BCUT2D eigenvalue weighted by molar-refractivity contribution is -0.0585. The van der Waals surface area contributed by atoms with Crippen molar-refractivity contribution in [2.45, 2.75) is 75.0 Å². The summed E-state index contributed by atoms with van der Waals surface area (Å²) < 4.78 is 36.5. The minimum atomic E-state index is -2.72. The Kier molecular flexibility index (Phi) is 7.91. The van der Waals surface area contributed by atoms with Crippen LogP contribution in [-0.4, -0.2) is 79.4 Å². The molecule has 2 atom stereocenters. The Balaban J connectivity index is 1.42. The molecule has 1 N–H and O–H groups in total. The second kappa shape index (κ2) is 10.9. The van der Waals surface area contributed by atoms with Gasteiger partial charge >= 0.3 is 12.1 Å². The molecular weight excluding hydrogens is 444 g/mol. The predicted octanol–water partition coefficient (Wildman–Crippen LogP) is 4.38. The van der Waals surface area contributed by atoms with E-state index >= 15 is 0 Å². The van der Waals surface area contributed by atoms with Crippen LogP contribution in [0.4, 0.5) is 18.4 Å². The van der Waals surface area contributed by atoms with Crippen LogP contribution >= 0.6 is 0 Å². The monoisotopic (exact) mass is 479 g/mol. The largest absolute Gasteiger partial charge is 0.443 e. The average molecular weight is 480 g/mol. The van der Waals surface area contributed by atoms with Crippen LogP contribution in [0.3, 0.4) is 0 Å². The lowest BCUT2D eigenvalue weighted by Gasteiger charge is -2.52. The molecule has 1 aromatic carbocycles. The van der Waals surface area contributed by atoms with Crippen LogP contribution in [0.25, 0.3) is 0 Å². The quantitative estimate of drug-likeness (QED) is 0.658. The number of piperidine rings is 1. The SMILES string of the molecule is CN1CC[C@@]2(CCCN(C(=O)OCC(F)F)[C@H]2COC2CCC(c3ccccc3)CC2)NC1=O. The number of carbonyl (C=O) groups excluding carboxylic acids is 2. The van der Waals surface area contributed by atoms with Gasteiger partial charge in [0.2, 0.25) is 0 Å². The Morgan fingerprint density at radius 1 is 1.15 bits per heavy atom. The van der Waals surface area contributed by atoms with Crippen molar-refractivity contribution >= 4 is 12.1 Å². The Morgan fingerprint density at radius 3 is 2.56 bits per heavy atom. The number of carbonyl (C=O) groups is 2. The first kappa shape index (κ1) is 24.7. The zero-order valence-electron chi connectivity index (χ0n) is 19.8. The number of nitrogens with zero attached hydrogens (tertiary/aromatic N) is 2. The summed E-state index contributed by atoms with van der Waals surface area (Å²) in [5, 5.41) is 3.11. The van der Waals surface area contributed by atoms with Crippen LogP contribution in [0.1, 0.15) is 56.4 Å². The Bertz CT molecular complexity index is 835. The van der Waals surface area contributed by atoms with E-state index in [-0.39, 0.29) is 18.7 Å². The molecule has 1 aromatic rings. The Morgan fingerprint density at radius 2 is 1.88 bits per heavy atom. The van der Waals surface area contributed by atoms with E-state index in [1.807, 2.05) is 6.07 Å². The standard InChI is InChI=1S/C25H35F2N3O4/c1-29-15-13-25(28-23(29)31)12-5-14-30(24(32)34-17-22(26)27)21(25)16-33-20-10-8-19(9-11-20)18-6-3-2-4-7-18/h2-4,6-7,19-22H,5,8-17H2,1H3,(H,28,31)/t19?,20?,21-,25+/m0/s1. The third-order valence-electron chi connectivity index (χ3n) is 7.63. The van der Waals surface area contributed by atoms with E-state index in [2.05, 4.69) is 29.6 Å². The van der Waals surface area contributed by atoms with Gasteiger partial charge in [-0.3, -0.25) is 0 Å². The van der Waals surface area contributed by atoms with Crippen LogP contribution in [0, 0.1) is 0 Å². The van der Waals surface area contributed by atoms with Gasteiger partial charge in [0, 0.05) is 20.1 Å². The third-order valence-corrected chi connectivity index (χ3v) is 7.63. The van der Waals surface area contributed by atoms with E-state index in [9.17, 15) is 18.4 Å². The van der Waals surface area contributed by atoms with E-state index in [4.69, 9.17) is 9.47 Å². The molecule has 2 aliphatic heterocycles. The third kappa shape index (κ3) is 5.62. The lowest BCUT2D eigenvalue weighted by atomic mass is 9.77. The van der Waals surface area contributed by atoms with Gasteiger partial charge in [-0.25, -0.2) is 18.4 Å². The van der Waals surface area contributed by atoms with E-state index in [0.717, 1.165) is 25.7 Å². The van der Waals surface area contributed by atoms with Crippen LogP contribution in [-0.2, 0) is 9.47 Å². The highest BCUT2D eigenvalue weighted by molar-refractivity contribution is 5.76. The van der Waals surface area contributed by atoms with E-state index in [1.54, 1.807) is 11.9 Å². The first-order valence-corrected chi connectivity index (χ1v) is 12.3. The molecule has 3 amide bonds. The average Bonchev–Trinajstić information content (AvgIpc) is 2.85. The number of rotatable bonds is 6. The number of hydrogen-bond acceptors (Lipinski definition) is 4. The smallest absolute Gasteiger partial charge is 0.410 e. The zero-order chi connectivity index (χ0) is 24.1. The molecule has 3 fully saturated rings. The minimum Gasteiger partial charge on any atom is -0.443 e. The highest BCUT2D eigenvalue weighted by Crippen LogP contribution is 2.37. The minimum absolute atomic E-state index is 0.0693. The lowest BCUT2D eigenvalue weighted by Crippen LogP contribution is -2.71. The molecule has 2 heterocycles. The number of urea groups is 1. The number of benzene rings is 1. The zero-order valence-corrected chi connectivity index (χ0v) is 19.8. The van der Waals surface area contributed by atoms with E-state index in [0.29, 0.717) is 38.3 Å². The Labute approximate surface area is 199 Å². The molecule has 0 aromatic heterocycles. The summed E-state index contributed by atoms with van der Waals surface area (Å²) in [6.45, 7) is 0.262. The second-order valence-corrected chi connectivity index (χ2v) is 9.76. The highest BCUT2D eigenvalue weighted by Gasteiger charge is 2.50. The molecule has 0 radical (unpaired) electrons. The molecule has 2 saturated heterocycles. The van der Waals surface area contributed by atoms with Crippen molar-refractivity contribution in [1.29, 1.82) is 0 Å². The van der Waals surface area contributed by atoms with Crippen molar-refractivity contribution in [2.75, 3.05) is 33.4 Å². The molecule has 34 heavy (non-hydrogen) atoms. The summed E-state index contributed by atoms with van der Waals surface area (Å²) in [6.07, 6.45) is 2.51. The molecule has 1 saturated carbocycles. The fourth-order valence-electron chi connectivity index (χ4n) is 5.66. The summed E-state index contributed by atoms with van der Waals surface area (Å²) in [4.78, 5) is 28.4. The van der Waals surface area contributed by atoms with Crippen LogP contribution in [0.5, 0.6) is 0 Å². The molecule has 1 spiro atoms. The number of likely N-dealkylation sites (tertiary alicyclic amines) is 1. The molecule has 9 heteroatoms. The molecule has 0 bridgehead atoms. The van der Waals surface area contributed by atoms with Crippen LogP contribution in [0.15, 0.2) is 30.3 Å². The van der Waals surface area contributed by atoms with Crippen molar-refractivity contribution in [2.24, 2.45) is 0 Å². The van der Waals surface area contributed by atoms with Crippen LogP contribution < -0.4 is 5.32 Å². The summed E-state index contributed by atoms with van der Waals surface area (Å²) in [6, 6.07) is 9.85. The predicted molar refractivity (Wildman–Crippen MR) is 123 cm³/mol. The van der Waals surface area contributed by atoms with Gasteiger partial charge in [0.25, 0.3) is 6.43 Å². The second-order valence-electron chi connectivity index (χ2n) is 9.76. The fourth-order valence-corrected chi connectivity index (χ4v) is 5.66. The number of ether oxygens (including phenoxy) is 2. The van der Waals surface area contributed by atoms with Gasteiger partial charge in [-0.1, -0.05) is 30.3 Å². The molecule has 0 unspecified atom stereocenters. The summed E-state index contributed by atoms with van der Waals surface area (Å²) in [7, 11) is 1.73. The first-order chi connectivity index (χ1) is 16.4. The topological polar surface area (TPSA) is 71.1 Å². The van der Waals surface area contributed by atoms with Gasteiger partial charge < -0.3 is 24.6 Å². The van der Waals surface area contributed by atoms with Crippen molar-refractivity contribution in [3.8, 4) is 0 Å². The normalized spacial score (nSPS) is 29.9. The summed E-state index contributed by atoms with van der Waals surface area (Å²) in [5.74, 6) is 0.524. The molecule has 1 aliphatic carbocycles. The number of nitrogens with one attached hydrogen (secondary N) is 1. The van der Waals surface area contributed by atoms with Crippen LogP contribution in [0.2, 0.25) is 0 Å². The first-order valence-electron chi connectivity index (χ1n) is 12.3. The van der Waals surface area contributed by atoms with E-state index in [1.165, 1.54) is 10.5 Å². The maximum atomic E-state index is 12.7. The highest BCUT2D eigenvalue weighted by atomic mass is 19.3. The van der Waals surface area contributed by atoms with Gasteiger partial charge in [0.1, 0.15) is 0 Å². The Hall–Kier alpha value is -2.42. The van der Waals surface area contributed by atoms with E-state index < -0.39 is 30.7 Å². The number of alkyl halides is 2. The van der Waals surface area contributed by atoms with Gasteiger partial charge in [-0.2, -0.15) is 0 Å². The number of hydrogen-bond donors (Lipinski definition) is 1. The maximum Gasteiger partial charge on any atom is 0.410 e. The van der Waals surface area contributed by atoms with Crippen molar-refractivity contribution in [3.05, 3.63) is 35.9 Å². The molecule has 3 aliphatic rings. The molecule has 4 rings (SSSR count). The van der Waals surface area contributed by atoms with Crippen molar-refractivity contribution in [1.82, 2.24) is 15.1 Å². The molecular formula is C25H35F2N3O4. The van der Waals surface area contributed by atoms with Gasteiger partial charge in [-0.05, 0) is 56.4 Å². The van der Waals surface area contributed by atoms with Gasteiger partial charge in [-0.15, -0.1) is 0 Å². The summed E-state index contributed by atoms with van der Waals surface area (Å²) in [5.41, 5.74) is 0.710. The van der Waals surface area contributed by atoms with Crippen molar-refractivity contribution < 1.29 is 27.8 Å². The van der Waals surface area contributed by atoms with Gasteiger partial charge in [0.15, 0.2) is 6.61 Å².